The molecule has 356 valence electrons. The highest BCUT2D eigenvalue weighted by Gasteiger charge is 2.20. The smallest absolute Gasteiger partial charge is 0.339 e. The zero-order valence-electron chi connectivity index (χ0n) is 39.0. The molecule has 1 N–H and O–H groups in total. The number of imidazole rings is 2. The first-order chi connectivity index (χ1) is 32.9. The SMILES string of the molecule is COC(=O)c1cc(Br)c(=O)n(C(C)c2ccc(F)cc2)c1.COC(=O)c1cc(Oc2ccc(-n3cnc(C)c3)c(C)c2)c(=O)n(C(C)c2ccc(F)cc2)c1.Cc1cn(-c2ccc(O)cc2C)cn1. The van der Waals surface area contributed by atoms with E-state index in [0.717, 1.165) is 39.5 Å². The number of aromatic nitrogens is 6. The predicted octanol–water partition coefficient (Wildman–Crippen LogP) is 10.3. The summed E-state index contributed by atoms with van der Waals surface area (Å²) in [6.07, 6.45) is 10.2. The number of phenols is 1. The fourth-order valence-electron chi connectivity index (χ4n) is 7.20. The standard InChI is InChI=1S/C26H24FN3O4.C15H13BrFNO3.C11H12N2O/c1-16-11-22(9-10-23(16)29-13-17(2)28-15-29)34-24-12-20(26(32)33-4)14-30(25(24)31)18(3)19-5-7-21(27)8-6-19;1-9(10-3-5-12(17)6-4-10)18-8-11(15(20)21-2)7-13(16)14(18)19;1-8-5-10(14)3-4-11(8)13-6-9(2)12-7-13/h5-15,18H,1-4H3;3-9H,1-2H3;3-7,14H,1-2H3. The summed E-state index contributed by atoms with van der Waals surface area (Å²) in [5.41, 5.74) is 6.97. The lowest BCUT2D eigenvalue weighted by atomic mass is 10.1. The van der Waals surface area contributed by atoms with Crippen molar-refractivity contribution in [3.63, 3.8) is 0 Å². The number of aryl methyl sites for hydroxylation is 4. The largest absolute Gasteiger partial charge is 0.508 e. The van der Waals surface area contributed by atoms with Crippen molar-refractivity contribution in [2.75, 3.05) is 14.2 Å². The van der Waals surface area contributed by atoms with Gasteiger partial charge in [-0.3, -0.25) is 9.59 Å². The Labute approximate surface area is 404 Å². The molecule has 4 aromatic carbocycles. The number of ether oxygens (including phenoxy) is 3. The molecule has 0 radical (unpaired) electrons. The van der Waals surface area contributed by atoms with E-state index in [1.165, 1.54) is 72.1 Å². The van der Waals surface area contributed by atoms with Crippen LogP contribution in [-0.4, -0.2) is 59.5 Å². The van der Waals surface area contributed by atoms with Gasteiger partial charge in [-0.2, -0.15) is 0 Å². The molecule has 0 fully saturated rings. The molecular formula is C52H49BrF2N6O8. The fraction of sp³-hybridized carbons (Fsp3) is 0.192. The second-order valence-corrected chi connectivity index (χ2v) is 16.8. The van der Waals surface area contributed by atoms with Gasteiger partial charge in [0, 0.05) is 42.2 Å². The van der Waals surface area contributed by atoms with E-state index in [1.54, 1.807) is 69.0 Å². The Morgan fingerprint density at radius 1 is 0.609 bits per heavy atom. The summed E-state index contributed by atoms with van der Waals surface area (Å²) in [6, 6.07) is 24.4. The Kier molecular flexibility index (Phi) is 16.3. The number of nitrogens with zero attached hydrogens (tertiary/aromatic N) is 6. The van der Waals surface area contributed by atoms with Gasteiger partial charge in [-0.1, -0.05) is 24.3 Å². The van der Waals surface area contributed by atoms with Crippen LogP contribution in [0.1, 0.15) is 80.3 Å². The highest BCUT2D eigenvalue weighted by atomic mass is 79.9. The Balaban J connectivity index is 0.000000189. The van der Waals surface area contributed by atoms with Crippen LogP contribution in [-0.2, 0) is 9.47 Å². The van der Waals surface area contributed by atoms with Crippen molar-refractivity contribution in [1.29, 1.82) is 0 Å². The van der Waals surface area contributed by atoms with Gasteiger partial charge in [-0.25, -0.2) is 28.3 Å². The molecule has 69 heavy (non-hydrogen) atoms. The molecular weight excluding hydrogens is 955 g/mol. The van der Waals surface area contributed by atoms with Crippen LogP contribution in [0.15, 0.2) is 149 Å². The third kappa shape index (κ3) is 12.4. The number of halogens is 3. The Hall–Kier alpha value is -7.92. The second-order valence-electron chi connectivity index (χ2n) is 15.9. The first-order valence-electron chi connectivity index (χ1n) is 21.3. The number of rotatable bonds is 10. The maximum atomic E-state index is 13.4. The van der Waals surface area contributed by atoms with Crippen LogP contribution >= 0.6 is 15.9 Å². The summed E-state index contributed by atoms with van der Waals surface area (Å²) >= 11 is 3.15. The lowest BCUT2D eigenvalue weighted by Gasteiger charge is -2.18. The lowest BCUT2D eigenvalue weighted by molar-refractivity contribution is 0.0590. The summed E-state index contributed by atoms with van der Waals surface area (Å²) < 4.78 is 48.7. The summed E-state index contributed by atoms with van der Waals surface area (Å²) in [5, 5.41) is 9.26. The number of benzene rings is 4. The van der Waals surface area contributed by atoms with E-state index in [2.05, 4.69) is 30.6 Å². The molecule has 0 spiro atoms. The van der Waals surface area contributed by atoms with Gasteiger partial charge in [0.25, 0.3) is 11.1 Å². The van der Waals surface area contributed by atoms with Gasteiger partial charge in [0.1, 0.15) is 23.1 Å². The lowest BCUT2D eigenvalue weighted by Crippen LogP contribution is -2.26. The number of hydrogen-bond acceptors (Lipinski definition) is 10. The molecule has 2 atom stereocenters. The van der Waals surface area contributed by atoms with E-state index in [1.807, 2.05) is 67.4 Å². The van der Waals surface area contributed by atoms with Crippen molar-refractivity contribution in [2.45, 2.75) is 53.6 Å². The average Bonchev–Trinajstić information content (AvgIpc) is 3.97. The van der Waals surface area contributed by atoms with Gasteiger partial charge in [0.2, 0.25) is 0 Å². The quantitative estimate of drug-likeness (QED) is 0.131. The van der Waals surface area contributed by atoms with Crippen molar-refractivity contribution in [3.05, 3.63) is 216 Å². The van der Waals surface area contributed by atoms with Crippen LogP contribution in [0.3, 0.4) is 0 Å². The second kappa shape index (κ2) is 22.3. The summed E-state index contributed by atoms with van der Waals surface area (Å²) in [7, 11) is 2.54. The molecule has 0 aliphatic rings. The first-order valence-corrected chi connectivity index (χ1v) is 22.1. The molecule has 17 heteroatoms. The van der Waals surface area contributed by atoms with Gasteiger partial charge in [0.05, 0.1) is 65.9 Å². The Morgan fingerprint density at radius 3 is 1.49 bits per heavy atom. The van der Waals surface area contributed by atoms with Crippen molar-refractivity contribution < 1.29 is 37.7 Å². The number of carbonyl (C=O) groups excluding carboxylic acids is 2. The van der Waals surface area contributed by atoms with Crippen molar-refractivity contribution in [2.24, 2.45) is 0 Å². The van der Waals surface area contributed by atoms with Crippen LogP contribution in [0.4, 0.5) is 8.78 Å². The van der Waals surface area contributed by atoms with Crippen molar-refractivity contribution in [1.82, 2.24) is 28.2 Å². The third-order valence-electron chi connectivity index (χ3n) is 10.9. The van der Waals surface area contributed by atoms with Crippen LogP contribution in [0.25, 0.3) is 11.4 Å². The number of carbonyl (C=O) groups is 2. The van der Waals surface area contributed by atoms with Crippen LogP contribution in [0.5, 0.6) is 17.2 Å². The maximum Gasteiger partial charge on any atom is 0.339 e. The predicted molar refractivity (Wildman–Crippen MR) is 260 cm³/mol. The van der Waals surface area contributed by atoms with Gasteiger partial charge < -0.3 is 37.6 Å². The van der Waals surface area contributed by atoms with E-state index in [-0.39, 0.29) is 44.6 Å². The molecule has 0 amide bonds. The van der Waals surface area contributed by atoms with Crippen molar-refractivity contribution in [3.8, 4) is 28.6 Å². The number of hydrogen-bond donors (Lipinski definition) is 1. The zero-order chi connectivity index (χ0) is 50.1. The number of methoxy groups -OCH3 is 2. The molecule has 2 unspecified atom stereocenters. The molecule has 0 aliphatic heterocycles. The zero-order valence-corrected chi connectivity index (χ0v) is 40.6. The minimum absolute atomic E-state index is 0.0255. The van der Waals surface area contributed by atoms with Gasteiger partial charge >= 0.3 is 11.9 Å². The number of pyridine rings is 2. The van der Waals surface area contributed by atoms with Crippen molar-refractivity contribution >= 4 is 27.9 Å². The number of phenolic OH excluding ortho intramolecular Hbond substituents is 1. The highest BCUT2D eigenvalue weighted by Crippen LogP contribution is 2.27. The first kappa shape index (κ1) is 50.5. The van der Waals surface area contributed by atoms with Crippen LogP contribution < -0.4 is 15.9 Å². The molecule has 4 heterocycles. The maximum absolute atomic E-state index is 13.4. The molecule has 4 aromatic heterocycles. The van der Waals surface area contributed by atoms with Crippen LogP contribution in [0.2, 0.25) is 0 Å². The normalized spacial score (nSPS) is 11.6. The monoisotopic (exact) mass is 1000 g/mol. The van der Waals surface area contributed by atoms with E-state index in [9.17, 15) is 33.1 Å². The molecule has 0 saturated heterocycles. The Morgan fingerprint density at radius 2 is 1.06 bits per heavy atom. The topological polar surface area (TPSA) is 162 Å². The third-order valence-corrected chi connectivity index (χ3v) is 11.5. The molecule has 8 aromatic rings. The molecule has 8 rings (SSSR count). The molecule has 14 nitrogen and oxygen atoms in total. The minimum atomic E-state index is -0.605. The molecule has 0 bridgehead atoms. The average molecular weight is 1000 g/mol. The Bertz CT molecular complexity index is 3240. The molecule has 0 aliphatic carbocycles. The number of aromatic hydroxyl groups is 1. The highest BCUT2D eigenvalue weighted by molar-refractivity contribution is 9.10. The summed E-state index contributed by atoms with van der Waals surface area (Å²) in [5.74, 6) is -1.14. The summed E-state index contributed by atoms with van der Waals surface area (Å²) in [4.78, 5) is 57.8. The summed E-state index contributed by atoms with van der Waals surface area (Å²) in [6.45, 7) is 11.3. The van der Waals surface area contributed by atoms with E-state index >= 15 is 0 Å². The van der Waals surface area contributed by atoms with E-state index in [4.69, 9.17) is 9.47 Å². The van der Waals surface area contributed by atoms with Gasteiger partial charge in [-0.15, -0.1) is 0 Å². The molecule has 0 saturated carbocycles. The van der Waals surface area contributed by atoms with E-state index in [0.29, 0.717) is 17.1 Å². The minimum Gasteiger partial charge on any atom is -0.508 e. The van der Waals surface area contributed by atoms with Crippen LogP contribution in [0, 0.1) is 39.3 Å². The fourth-order valence-corrected chi connectivity index (χ4v) is 7.65. The van der Waals surface area contributed by atoms with E-state index < -0.39 is 23.5 Å². The van der Waals surface area contributed by atoms with Gasteiger partial charge in [0.15, 0.2) is 5.75 Å². The number of esters is 2. The van der Waals surface area contributed by atoms with Gasteiger partial charge in [-0.05, 0) is 146 Å².